The van der Waals surface area contributed by atoms with Crippen LogP contribution in [0.3, 0.4) is 0 Å². The van der Waals surface area contributed by atoms with Gasteiger partial charge < -0.3 is 56.1 Å². The number of fused-ring (bicyclic) bond motifs is 6. The van der Waals surface area contributed by atoms with Crippen LogP contribution in [0.25, 0.3) is 22.1 Å². The largest absolute Gasteiger partial charge is 0.461 e. The molecule has 2 fully saturated rings. The van der Waals surface area contributed by atoms with Gasteiger partial charge in [0.2, 0.25) is 35.4 Å². The smallest absolute Gasteiger partial charge is 0.329 e. The summed E-state index contributed by atoms with van der Waals surface area (Å²) in [6, 6.07) is 2.08. The van der Waals surface area contributed by atoms with Crippen molar-refractivity contribution in [1.82, 2.24) is 60.8 Å². The van der Waals surface area contributed by atoms with Gasteiger partial charge in [-0.05, 0) is 88.5 Å². The van der Waals surface area contributed by atoms with Gasteiger partial charge in [0.15, 0.2) is 11.5 Å². The molecular formula is C56H69N13O12. The first-order chi connectivity index (χ1) is 38.7. The molecule has 4 aliphatic rings. The Morgan fingerprint density at radius 3 is 1.42 bits per heavy atom. The fourth-order valence-corrected chi connectivity index (χ4v) is 11.2. The van der Waals surface area contributed by atoms with Gasteiger partial charge in [-0.15, -0.1) is 0 Å². The number of amides is 8. The molecule has 2 bridgehead atoms. The first-order valence-electron chi connectivity index (χ1n) is 27.2. The third kappa shape index (κ3) is 13.2. The molecule has 4 heterocycles. The molecule has 8 amide bonds. The highest BCUT2D eigenvalue weighted by atomic mass is 16.5. The SMILES string of the molecule is C[C@@H]1NC(=O)[C@H](NC(=O)c2cnc3ccccc3n2)COC(=O)[C@H](C2CCCC2)N(C)C(=O)[C@@H]2C/C=C\C[C@@H](C(=O)N(C)[C@@H](C3CCCC3)C(=O)OC[C@@H](NC(=O)c3nc4ccccc4nc3N)C(=O)N[C@@H](C)C(=O)N2C)N(C)C1=O. The van der Waals surface area contributed by atoms with E-state index in [1.54, 1.807) is 60.7 Å². The van der Waals surface area contributed by atoms with E-state index in [4.69, 9.17) is 15.2 Å². The minimum absolute atomic E-state index is 0.169. The Balaban J connectivity index is 1.18. The summed E-state index contributed by atoms with van der Waals surface area (Å²) in [5.74, 6) is -9.69. The number of cyclic esters (lactones) is 2. The monoisotopic (exact) mass is 1120 g/mol. The van der Waals surface area contributed by atoms with Crippen LogP contribution in [-0.2, 0) is 47.8 Å². The number of nitrogens with zero attached hydrogens (tertiary/aromatic N) is 8. The summed E-state index contributed by atoms with van der Waals surface area (Å²) < 4.78 is 11.8. The molecule has 2 aromatic carbocycles. The van der Waals surface area contributed by atoms with Gasteiger partial charge in [0.25, 0.3) is 11.8 Å². The molecule has 0 saturated heterocycles. The van der Waals surface area contributed by atoms with Crippen molar-refractivity contribution in [3.8, 4) is 0 Å². The fraction of sp³-hybridized carbons (Fsp3) is 0.500. The zero-order chi connectivity index (χ0) is 58.2. The van der Waals surface area contributed by atoms with E-state index >= 15 is 9.59 Å². The van der Waals surface area contributed by atoms with E-state index in [1.807, 2.05) is 0 Å². The summed E-state index contributed by atoms with van der Waals surface area (Å²) in [5.41, 5.74) is 7.29. The molecule has 2 aliphatic heterocycles. The van der Waals surface area contributed by atoms with Crippen molar-refractivity contribution in [3.63, 3.8) is 0 Å². The molecule has 8 rings (SSSR count). The molecule has 2 saturated carbocycles. The van der Waals surface area contributed by atoms with Crippen LogP contribution in [0.2, 0.25) is 0 Å². The summed E-state index contributed by atoms with van der Waals surface area (Å²) in [4.78, 5) is 167. The first kappa shape index (κ1) is 58.5. The van der Waals surface area contributed by atoms with Crippen LogP contribution in [-0.4, -0.2) is 188 Å². The molecule has 0 radical (unpaired) electrons. The minimum Gasteiger partial charge on any atom is -0.461 e. The Morgan fingerprint density at radius 1 is 0.556 bits per heavy atom. The van der Waals surface area contributed by atoms with Crippen molar-refractivity contribution in [2.24, 2.45) is 11.8 Å². The number of nitrogens with two attached hydrogens (primary N) is 1. The molecule has 0 spiro atoms. The second-order valence-corrected chi connectivity index (χ2v) is 21.2. The van der Waals surface area contributed by atoms with Gasteiger partial charge in [-0.3, -0.25) is 43.3 Å². The average Bonchev–Trinajstić information content (AvgIpc) is 4.22. The normalized spacial score (nSPS) is 26.4. The number of para-hydroxylation sites is 4. The summed E-state index contributed by atoms with van der Waals surface area (Å²) in [5, 5.41) is 10.3. The van der Waals surface area contributed by atoms with E-state index in [0.29, 0.717) is 47.8 Å². The third-order valence-corrected chi connectivity index (χ3v) is 15.8. The molecule has 25 nitrogen and oxygen atoms in total. The van der Waals surface area contributed by atoms with Crippen molar-refractivity contribution in [2.75, 3.05) is 47.1 Å². The summed E-state index contributed by atoms with van der Waals surface area (Å²) >= 11 is 0. The van der Waals surface area contributed by atoms with Crippen LogP contribution < -0.4 is 27.0 Å². The summed E-state index contributed by atoms with van der Waals surface area (Å²) in [6.07, 6.45) is 8.92. The van der Waals surface area contributed by atoms with Crippen molar-refractivity contribution in [1.29, 1.82) is 0 Å². The molecule has 81 heavy (non-hydrogen) atoms. The van der Waals surface area contributed by atoms with E-state index in [1.165, 1.54) is 58.0 Å². The summed E-state index contributed by atoms with van der Waals surface area (Å²) in [6.45, 7) is 1.17. The molecule has 2 aliphatic carbocycles. The lowest BCUT2D eigenvalue weighted by molar-refractivity contribution is -0.161. The number of nitrogen functional groups attached to an aromatic ring is 1. The predicted octanol–water partition coefficient (Wildman–Crippen LogP) is 1.20. The molecule has 8 atom stereocenters. The number of aromatic nitrogens is 4. The maximum Gasteiger partial charge on any atom is 0.329 e. The Labute approximate surface area is 467 Å². The Morgan fingerprint density at radius 2 is 0.963 bits per heavy atom. The van der Waals surface area contributed by atoms with Crippen molar-refractivity contribution in [2.45, 2.75) is 126 Å². The van der Waals surface area contributed by atoms with Gasteiger partial charge in [-0.25, -0.2) is 24.5 Å². The Bertz CT molecular complexity index is 3130. The molecule has 25 heteroatoms. The lowest BCUT2D eigenvalue weighted by Gasteiger charge is -2.37. The van der Waals surface area contributed by atoms with Crippen molar-refractivity contribution >= 4 is 87.1 Å². The molecule has 0 unspecified atom stereocenters. The standard InChI is InChI=1S/C56H69N13O12/c1-30-51(74)66(3)41-25-15-16-26-42(53(76)68(5)44(32-17-7-8-18-32)55(78)80-28-39(48(71)59-30)64-47(70)38-27-58-34-21-11-12-22-35(34)61-38)67(4)52(75)31(2)60-49(72)40(29-81-56(79)45(69(6)54(41)77)33-19-9-10-20-33)65-50(73)43-46(57)63-37-24-14-13-23-36(37)62-43/h11-16,21-24,27,30-33,39-42,44-45H,7-10,17-20,25-26,28-29H2,1-6H3,(H2,57,63)(H,59,71)(H,60,72)(H,64,70)(H,65,73)/b16-15-/t30-,31-,39+,40+,41-,42-,44-,45-/m0/s1. The molecule has 2 aromatic heterocycles. The second kappa shape index (κ2) is 25.6. The van der Waals surface area contributed by atoms with Crippen LogP contribution in [0.1, 0.15) is 99.0 Å². The number of anilines is 1. The van der Waals surface area contributed by atoms with Crippen LogP contribution in [0.5, 0.6) is 0 Å². The number of hydrogen-bond acceptors (Lipinski definition) is 17. The number of esters is 2. The maximum absolute atomic E-state index is 15.1. The number of likely N-dealkylation sites (N-methyl/N-ethyl adjacent to an activating group) is 4. The lowest BCUT2D eigenvalue weighted by Crippen LogP contribution is -2.60. The van der Waals surface area contributed by atoms with Gasteiger partial charge in [0.1, 0.15) is 67.2 Å². The van der Waals surface area contributed by atoms with Crippen LogP contribution in [0.4, 0.5) is 5.82 Å². The van der Waals surface area contributed by atoms with E-state index in [2.05, 4.69) is 41.2 Å². The zero-order valence-electron chi connectivity index (χ0n) is 46.2. The van der Waals surface area contributed by atoms with Crippen LogP contribution in [0, 0.1) is 11.8 Å². The predicted molar refractivity (Wildman–Crippen MR) is 292 cm³/mol. The molecular weight excluding hydrogens is 1050 g/mol. The lowest BCUT2D eigenvalue weighted by atomic mass is 9.95. The van der Waals surface area contributed by atoms with Gasteiger partial charge >= 0.3 is 11.9 Å². The number of hydrogen-bond donors (Lipinski definition) is 5. The highest BCUT2D eigenvalue weighted by Crippen LogP contribution is 2.33. The minimum atomic E-state index is -1.70. The Kier molecular flexibility index (Phi) is 18.5. The number of carbonyl (C=O) groups is 10. The van der Waals surface area contributed by atoms with Gasteiger partial charge in [-0.1, -0.05) is 62.1 Å². The van der Waals surface area contributed by atoms with Crippen molar-refractivity contribution < 1.29 is 57.4 Å². The van der Waals surface area contributed by atoms with E-state index in [0.717, 1.165) is 35.5 Å². The number of rotatable bonds is 6. The average molecular weight is 1120 g/mol. The number of carbonyl (C=O) groups excluding carboxylic acids is 10. The maximum atomic E-state index is 15.1. The number of nitrogens with one attached hydrogen (secondary N) is 4. The van der Waals surface area contributed by atoms with Crippen LogP contribution in [0.15, 0.2) is 66.9 Å². The number of ether oxygens (including phenoxy) is 2. The van der Waals surface area contributed by atoms with Crippen molar-refractivity contribution in [3.05, 3.63) is 78.3 Å². The zero-order valence-corrected chi connectivity index (χ0v) is 46.2. The quantitative estimate of drug-likeness (QED) is 0.134. The van der Waals surface area contributed by atoms with Gasteiger partial charge in [0, 0.05) is 28.2 Å². The topological polar surface area (TPSA) is 328 Å². The second-order valence-electron chi connectivity index (χ2n) is 21.2. The summed E-state index contributed by atoms with van der Waals surface area (Å²) in [7, 11) is 5.50. The third-order valence-electron chi connectivity index (χ3n) is 15.8. The first-order valence-corrected chi connectivity index (χ1v) is 27.2. The van der Waals surface area contributed by atoms with E-state index in [-0.39, 0.29) is 30.0 Å². The Hall–Kier alpha value is -8.64. The van der Waals surface area contributed by atoms with E-state index < -0.39 is 133 Å². The van der Waals surface area contributed by atoms with E-state index in [9.17, 15) is 38.4 Å². The fourth-order valence-electron chi connectivity index (χ4n) is 11.2. The van der Waals surface area contributed by atoms with Gasteiger partial charge in [0.05, 0.1) is 28.3 Å². The van der Waals surface area contributed by atoms with Crippen LogP contribution >= 0.6 is 0 Å². The number of benzene rings is 2. The highest BCUT2D eigenvalue weighted by Gasteiger charge is 2.44. The molecule has 4 aromatic rings. The van der Waals surface area contributed by atoms with Gasteiger partial charge in [-0.2, -0.15) is 0 Å². The molecule has 430 valence electrons. The molecule has 6 N–H and O–H groups in total. The highest BCUT2D eigenvalue weighted by molar-refractivity contribution is 6.02.